The van der Waals surface area contributed by atoms with Gasteiger partial charge in [-0.1, -0.05) is 41.9 Å². The molecule has 2 aliphatic rings. The van der Waals surface area contributed by atoms with Crippen LogP contribution >= 0.6 is 11.6 Å². The number of nitrogens with zero attached hydrogens (tertiary/aromatic N) is 1. The van der Waals surface area contributed by atoms with E-state index in [1.54, 1.807) is 24.3 Å². The number of likely N-dealkylation sites (tertiary alicyclic amines) is 1. The lowest BCUT2D eigenvalue weighted by Crippen LogP contribution is -2.46. The summed E-state index contributed by atoms with van der Waals surface area (Å²) >= 11 is 5.77. The van der Waals surface area contributed by atoms with E-state index >= 15 is 0 Å². The van der Waals surface area contributed by atoms with E-state index in [0.717, 1.165) is 36.5 Å². The number of aliphatic hydroxyl groups is 1. The van der Waals surface area contributed by atoms with Crippen LogP contribution in [0.5, 0.6) is 0 Å². The Hall–Kier alpha value is -2.48. The first-order valence-corrected chi connectivity index (χ1v) is 12.7. The largest absolute Gasteiger partial charge is 0.417 e. The van der Waals surface area contributed by atoms with Crippen LogP contribution < -0.4 is 0 Å². The van der Waals surface area contributed by atoms with Gasteiger partial charge in [-0.15, -0.1) is 0 Å². The molecule has 0 aromatic heterocycles. The Morgan fingerprint density at radius 2 is 1.30 bits per heavy atom. The van der Waals surface area contributed by atoms with E-state index in [-0.39, 0.29) is 28.3 Å². The molecule has 8 heteroatoms. The molecule has 1 aliphatic heterocycles. The third-order valence-corrected chi connectivity index (χ3v) is 8.56. The highest BCUT2D eigenvalue weighted by Gasteiger charge is 2.46. The molecule has 1 atom stereocenters. The first kappa shape index (κ1) is 26.1. The van der Waals surface area contributed by atoms with Crippen molar-refractivity contribution in [2.24, 2.45) is 0 Å². The second-order valence-corrected chi connectivity index (χ2v) is 10.7. The van der Waals surface area contributed by atoms with Crippen molar-refractivity contribution in [2.75, 3.05) is 13.1 Å². The molecule has 196 valence electrons. The lowest BCUT2D eigenvalue weighted by Gasteiger charge is -2.42. The number of benzene rings is 3. The number of hydrogen-bond acceptors (Lipinski definition) is 2. The molecule has 3 aromatic carbocycles. The lowest BCUT2D eigenvalue weighted by atomic mass is 9.73. The maximum absolute atomic E-state index is 13.7. The molecule has 1 aliphatic carbocycles. The number of alkyl halides is 3. The average Bonchev–Trinajstić information content (AvgIpc) is 3.31. The van der Waals surface area contributed by atoms with Crippen molar-refractivity contribution >= 4 is 11.6 Å². The average molecular weight is 536 g/mol. The van der Waals surface area contributed by atoms with Crippen LogP contribution in [0.25, 0.3) is 0 Å². The van der Waals surface area contributed by atoms with Gasteiger partial charge in [0.2, 0.25) is 0 Å². The summed E-state index contributed by atoms with van der Waals surface area (Å²) in [5.41, 5.74) is -0.554. The smallest absolute Gasteiger partial charge is 0.385 e. The summed E-state index contributed by atoms with van der Waals surface area (Å²) < 4.78 is 67.5. The van der Waals surface area contributed by atoms with Gasteiger partial charge in [0.1, 0.15) is 11.6 Å². The summed E-state index contributed by atoms with van der Waals surface area (Å²) in [5, 5.41) is 10.9. The quantitative estimate of drug-likeness (QED) is 0.351. The predicted octanol–water partition coefficient (Wildman–Crippen LogP) is 7.46. The van der Waals surface area contributed by atoms with Crippen molar-refractivity contribution in [1.29, 1.82) is 0 Å². The summed E-state index contributed by atoms with van der Waals surface area (Å²) in [5.74, 6) is -0.641. The SMILES string of the molecule is OC1(c2ccc(Cl)c(C(F)(F)F)c2)CCN(C2CCC(c3ccc(F)cc3)(c3ccc(F)cc3)C2)CC1. The number of piperidine rings is 1. The minimum atomic E-state index is -4.60. The molecular weight excluding hydrogens is 509 g/mol. The van der Waals surface area contributed by atoms with Crippen molar-refractivity contribution in [3.8, 4) is 0 Å². The van der Waals surface area contributed by atoms with Crippen LogP contribution in [0.15, 0.2) is 66.7 Å². The van der Waals surface area contributed by atoms with Gasteiger partial charge in [-0.3, -0.25) is 0 Å². The summed E-state index contributed by atoms with van der Waals surface area (Å²) in [6.07, 6.45) is -1.63. The molecular formula is C29H27ClF5NO. The van der Waals surface area contributed by atoms with E-state index in [2.05, 4.69) is 4.90 Å². The highest BCUT2D eigenvalue weighted by atomic mass is 35.5. The molecule has 0 spiro atoms. The molecule has 0 radical (unpaired) electrons. The Labute approximate surface area is 217 Å². The highest BCUT2D eigenvalue weighted by Crippen LogP contribution is 2.49. The Morgan fingerprint density at radius 3 is 1.81 bits per heavy atom. The minimum absolute atomic E-state index is 0.163. The first-order valence-electron chi connectivity index (χ1n) is 12.4. The van der Waals surface area contributed by atoms with Gasteiger partial charge in [0, 0.05) is 24.5 Å². The van der Waals surface area contributed by atoms with Crippen LogP contribution in [0.4, 0.5) is 22.0 Å². The monoisotopic (exact) mass is 535 g/mol. The fourth-order valence-electron chi connectivity index (χ4n) is 6.14. The maximum atomic E-state index is 13.7. The number of rotatable bonds is 4. The summed E-state index contributed by atoms with van der Waals surface area (Å²) in [6, 6.07) is 16.7. The molecule has 2 nitrogen and oxygen atoms in total. The highest BCUT2D eigenvalue weighted by molar-refractivity contribution is 6.31. The van der Waals surface area contributed by atoms with Crippen molar-refractivity contribution in [2.45, 2.75) is 55.3 Å². The normalized spacial score (nSPS) is 21.8. The van der Waals surface area contributed by atoms with Crippen LogP contribution in [0.3, 0.4) is 0 Å². The Morgan fingerprint density at radius 1 is 0.784 bits per heavy atom. The van der Waals surface area contributed by atoms with Gasteiger partial charge in [-0.2, -0.15) is 13.2 Å². The van der Waals surface area contributed by atoms with E-state index in [1.165, 1.54) is 36.4 Å². The molecule has 2 fully saturated rings. The second-order valence-electron chi connectivity index (χ2n) is 10.3. The third-order valence-electron chi connectivity index (χ3n) is 8.23. The zero-order valence-electron chi connectivity index (χ0n) is 20.0. The van der Waals surface area contributed by atoms with Gasteiger partial charge in [-0.25, -0.2) is 8.78 Å². The Bertz CT molecular complexity index is 1210. The molecule has 0 bridgehead atoms. The van der Waals surface area contributed by atoms with Crippen molar-refractivity contribution in [1.82, 2.24) is 4.90 Å². The zero-order valence-corrected chi connectivity index (χ0v) is 20.8. The fraction of sp³-hybridized carbons (Fsp3) is 0.379. The van der Waals surface area contributed by atoms with Crippen LogP contribution in [-0.4, -0.2) is 29.1 Å². The standard InChI is InChI=1S/C29H27ClF5NO/c30-26-10-5-21(17-25(26)29(33,34)35)28(37)13-15-36(16-14-28)24-11-12-27(18-24,19-1-6-22(31)7-2-19)20-3-8-23(32)9-4-20/h1-10,17,24,37H,11-16,18H2. The molecule has 1 saturated carbocycles. The molecule has 5 rings (SSSR count). The summed E-state index contributed by atoms with van der Waals surface area (Å²) in [7, 11) is 0. The Balaban J connectivity index is 1.36. The van der Waals surface area contributed by atoms with Crippen LogP contribution in [0.1, 0.15) is 54.4 Å². The topological polar surface area (TPSA) is 23.5 Å². The Kier molecular flexibility index (Phi) is 6.84. The van der Waals surface area contributed by atoms with Gasteiger partial charge in [0.05, 0.1) is 16.2 Å². The fourth-order valence-corrected chi connectivity index (χ4v) is 6.36. The van der Waals surface area contributed by atoms with E-state index < -0.39 is 22.8 Å². The van der Waals surface area contributed by atoms with Crippen LogP contribution in [0, 0.1) is 11.6 Å². The molecule has 1 N–H and O–H groups in total. The third kappa shape index (κ3) is 5.01. The van der Waals surface area contributed by atoms with Gasteiger partial charge in [-0.05, 0) is 85.2 Å². The molecule has 1 heterocycles. The van der Waals surface area contributed by atoms with E-state index in [9.17, 15) is 27.1 Å². The molecule has 3 aromatic rings. The molecule has 0 amide bonds. The van der Waals surface area contributed by atoms with Crippen molar-refractivity contribution < 1.29 is 27.1 Å². The maximum Gasteiger partial charge on any atom is 0.417 e. The number of halogens is 6. The molecule has 37 heavy (non-hydrogen) atoms. The van der Waals surface area contributed by atoms with Gasteiger partial charge < -0.3 is 10.0 Å². The van der Waals surface area contributed by atoms with Crippen molar-refractivity contribution in [3.05, 3.63) is 106 Å². The predicted molar refractivity (Wildman–Crippen MR) is 132 cm³/mol. The van der Waals surface area contributed by atoms with Crippen LogP contribution in [-0.2, 0) is 17.2 Å². The van der Waals surface area contributed by atoms with Gasteiger partial charge in [0.15, 0.2) is 0 Å². The summed E-state index contributed by atoms with van der Waals surface area (Å²) in [6.45, 7) is 1.04. The lowest BCUT2D eigenvalue weighted by molar-refractivity contribution is -0.137. The van der Waals surface area contributed by atoms with E-state index in [4.69, 9.17) is 11.6 Å². The molecule has 1 unspecified atom stereocenters. The minimum Gasteiger partial charge on any atom is -0.385 e. The molecule has 1 saturated heterocycles. The van der Waals surface area contributed by atoms with E-state index in [0.29, 0.717) is 25.9 Å². The summed E-state index contributed by atoms with van der Waals surface area (Å²) in [4.78, 5) is 2.28. The zero-order chi connectivity index (χ0) is 26.4. The van der Waals surface area contributed by atoms with Gasteiger partial charge >= 0.3 is 6.18 Å². The number of hydrogen-bond donors (Lipinski definition) is 1. The van der Waals surface area contributed by atoms with Crippen LogP contribution in [0.2, 0.25) is 5.02 Å². The first-order chi connectivity index (χ1) is 17.5. The van der Waals surface area contributed by atoms with Gasteiger partial charge in [0.25, 0.3) is 0 Å². The van der Waals surface area contributed by atoms with Crippen molar-refractivity contribution in [3.63, 3.8) is 0 Å². The second kappa shape index (κ2) is 9.68. The van der Waals surface area contributed by atoms with E-state index in [1.807, 2.05) is 0 Å².